The summed E-state index contributed by atoms with van der Waals surface area (Å²) >= 11 is 0. The molecule has 2 aromatic rings. The number of hydrogen-bond donors (Lipinski definition) is 1. The number of likely N-dealkylation sites (N-methyl/N-ethyl adjacent to an activating group) is 1. The van der Waals surface area contributed by atoms with Crippen molar-refractivity contribution in [1.29, 1.82) is 0 Å². The van der Waals surface area contributed by atoms with Crippen LogP contribution in [-0.2, 0) is 16.0 Å². The minimum absolute atomic E-state index is 0.0566. The Morgan fingerprint density at radius 2 is 1.86 bits per heavy atom. The van der Waals surface area contributed by atoms with Crippen LogP contribution in [0.2, 0.25) is 0 Å². The zero-order chi connectivity index (χ0) is 19.8. The average Bonchev–Trinajstić information content (AvgIpc) is 3.24. The molecule has 0 saturated heterocycles. The smallest absolute Gasteiger partial charge is 0.239 e. The van der Waals surface area contributed by atoms with Crippen LogP contribution < -0.4 is 5.32 Å². The number of aromatic nitrogens is 1. The molecule has 1 aromatic heterocycles. The third-order valence-electron chi connectivity index (χ3n) is 5.15. The van der Waals surface area contributed by atoms with Crippen LogP contribution in [-0.4, -0.2) is 41.4 Å². The van der Waals surface area contributed by atoms with Gasteiger partial charge < -0.3 is 14.8 Å². The number of amides is 2. The van der Waals surface area contributed by atoms with Crippen LogP contribution in [0.3, 0.4) is 0 Å². The molecule has 148 valence electrons. The van der Waals surface area contributed by atoms with E-state index >= 15 is 0 Å². The van der Waals surface area contributed by atoms with Crippen LogP contribution in [0, 0.1) is 0 Å². The van der Waals surface area contributed by atoms with Crippen LogP contribution in [0.15, 0.2) is 60.4 Å². The fraction of sp³-hybridized carbons (Fsp3) is 0.391. The van der Waals surface area contributed by atoms with E-state index in [1.54, 1.807) is 7.05 Å². The minimum Gasteiger partial charge on any atom is -0.354 e. The number of carbonyl (C=O) groups is 2. The quantitative estimate of drug-likeness (QED) is 0.714. The lowest BCUT2D eigenvalue weighted by molar-refractivity contribution is -0.134. The summed E-state index contributed by atoms with van der Waals surface area (Å²) in [4.78, 5) is 26.0. The van der Waals surface area contributed by atoms with Gasteiger partial charge in [-0.2, -0.15) is 0 Å². The maximum atomic E-state index is 12.4. The molecule has 3 rings (SSSR count). The predicted molar refractivity (Wildman–Crippen MR) is 111 cm³/mol. The second-order valence-corrected chi connectivity index (χ2v) is 7.39. The van der Waals surface area contributed by atoms with Gasteiger partial charge in [0.15, 0.2) is 0 Å². The summed E-state index contributed by atoms with van der Waals surface area (Å²) in [6, 6.07) is 11.9. The normalized spacial score (nSPS) is 13.7. The molecule has 0 bridgehead atoms. The number of carbonyl (C=O) groups excluding carboxylic acids is 2. The summed E-state index contributed by atoms with van der Waals surface area (Å²) < 4.78 is 2.02. The van der Waals surface area contributed by atoms with Crippen molar-refractivity contribution in [3.8, 4) is 5.69 Å². The molecule has 28 heavy (non-hydrogen) atoms. The van der Waals surface area contributed by atoms with Crippen molar-refractivity contribution in [1.82, 2.24) is 14.8 Å². The first kappa shape index (κ1) is 19.9. The summed E-state index contributed by atoms with van der Waals surface area (Å²) in [6.07, 6.45) is 12.3. The highest BCUT2D eigenvalue weighted by Crippen LogP contribution is 2.19. The van der Waals surface area contributed by atoms with Crippen molar-refractivity contribution in [2.75, 3.05) is 20.1 Å². The molecule has 5 heteroatoms. The molecular weight excluding hydrogens is 350 g/mol. The third kappa shape index (κ3) is 5.84. The third-order valence-corrected chi connectivity index (χ3v) is 5.15. The Morgan fingerprint density at radius 1 is 1.11 bits per heavy atom. The Bertz CT molecular complexity index is 807. The lowest BCUT2D eigenvalue weighted by atomic mass is 9.97. The van der Waals surface area contributed by atoms with E-state index in [0.717, 1.165) is 30.5 Å². The van der Waals surface area contributed by atoms with E-state index < -0.39 is 0 Å². The van der Waals surface area contributed by atoms with Gasteiger partial charge >= 0.3 is 0 Å². The molecule has 0 spiro atoms. The van der Waals surface area contributed by atoms with Crippen molar-refractivity contribution in [3.05, 3.63) is 66.0 Å². The summed E-state index contributed by atoms with van der Waals surface area (Å²) in [5, 5.41) is 2.93. The molecule has 0 aliphatic heterocycles. The van der Waals surface area contributed by atoms with E-state index in [4.69, 9.17) is 0 Å². The Morgan fingerprint density at radius 3 is 2.54 bits per heavy atom. The number of nitrogens with zero attached hydrogens (tertiary/aromatic N) is 2. The van der Waals surface area contributed by atoms with E-state index in [1.807, 2.05) is 53.4 Å². The molecule has 1 aliphatic carbocycles. The lowest BCUT2D eigenvalue weighted by Crippen LogP contribution is -2.39. The Labute approximate surface area is 167 Å². The van der Waals surface area contributed by atoms with Crippen molar-refractivity contribution in [2.24, 2.45) is 0 Å². The number of hydrogen-bond acceptors (Lipinski definition) is 2. The first-order valence-electron chi connectivity index (χ1n) is 10.0. The Balaban J connectivity index is 1.41. The molecule has 1 heterocycles. The zero-order valence-corrected chi connectivity index (χ0v) is 16.6. The predicted octanol–water partition coefficient (Wildman–Crippen LogP) is 3.48. The molecular formula is C23H29N3O2. The number of rotatable bonds is 8. The van der Waals surface area contributed by atoms with Crippen LogP contribution in [0.1, 0.15) is 37.7 Å². The lowest BCUT2D eigenvalue weighted by Gasteiger charge is -2.18. The summed E-state index contributed by atoms with van der Waals surface area (Å²) in [6.45, 7) is 0.743. The van der Waals surface area contributed by atoms with Gasteiger partial charge in [-0.05, 0) is 61.9 Å². The number of nitrogens with one attached hydrogen (secondary N) is 1. The second kappa shape index (κ2) is 9.93. The van der Waals surface area contributed by atoms with Crippen molar-refractivity contribution in [3.63, 3.8) is 0 Å². The standard InChI is InChI=1S/C23H29N3O2/c1-25(18-22(27)24-14-13-19-7-3-2-4-8-19)23(28)17-20-9-11-21(12-10-20)26-15-5-6-16-26/h5-7,9-12,15-16H,2-4,8,13-14,17-18H2,1H3,(H,24,27). The molecule has 1 aromatic carbocycles. The van der Waals surface area contributed by atoms with Crippen molar-refractivity contribution in [2.45, 2.75) is 38.5 Å². The molecule has 5 nitrogen and oxygen atoms in total. The van der Waals surface area contributed by atoms with E-state index in [-0.39, 0.29) is 18.4 Å². The molecule has 0 saturated carbocycles. The molecule has 2 amide bonds. The van der Waals surface area contributed by atoms with Gasteiger partial charge in [0.1, 0.15) is 0 Å². The number of benzene rings is 1. The van der Waals surface area contributed by atoms with Crippen LogP contribution in [0.25, 0.3) is 5.69 Å². The van der Waals surface area contributed by atoms with Gasteiger partial charge in [-0.3, -0.25) is 9.59 Å². The van der Waals surface area contributed by atoms with Crippen LogP contribution in [0.5, 0.6) is 0 Å². The molecule has 1 aliphatic rings. The van der Waals surface area contributed by atoms with Gasteiger partial charge in [-0.15, -0.1) is 0 Å². The summed E-state index contributed by atoms with van der Waals surface area (Å²) in [5.41, 5.74) is 3.44. The van der Waals surface area contributed by atoms with E-state index in [1.165, 1.54) is 23.3 Å². The SMILES string of the molecule is CN(CC(=O)NCCC1=CCCCC1)C(=O)Cc1ccc(-n2cccc2)cc1. The summed E-state index contributed by atoms with van der Waals surface area (Å²) in [5.74, 6) is -0.158. The van der Waals surface area contributed by atoms with Gasteiger partial charge in [0.2, 0.25) is 11.8 Å². The van der Waals surface area contributed by atoms with Crippen molar-refractivity contribution < 1.29 is 9.59 Å². The summed E-state index contributed by atoms with van der Waals surface area (Å²) in [7, 11) is 1.68. The zero-order valence-electron chi connectivity index (χ0n) is 16.6. The first-order chi connectivity index (χ1) is 13.6. The van der Waals surface area contributed by atoms with Gasteiger partial charge in [0.25, 0.3) is 0 Å². The Kier molecular flexibility index (Phi) is 7.06. The molecule has 0 fully saturated rings. The monoisotopic (exact) mass is 379 g/mol. The van der Waals surface area contributed by atoms with Crippen LogP contribution >= 0.6 is 0 Å². The fourth-order valence-corrected chi connectivity index (χ4v) is 3.46. The topological polar surface area (TPSA) is 54.3 Å². The fourth-order valence-electron chi connectivity index (χ4n) is 3.46. The molecule has 0 atom stereocenters. The highest BCUT2D eigenvalue weighted by molar-refractivity contribution is 5.85. The number of allylic oxidation sites excluding steroid dienone is 1. The largest absolute Gasteiger partial charge is 0.354 e. The van der Waals surface area contributed by atoms with E-state index in [2.05, 4.69) is 11.4 Å². The van der Waals surface area contributed by atoms with Gasteiger partial charge in [0.05, 0.1) is 13.0 Å². The van der Waals surface area contributed by atoms with Gasteiger partial charge in [-0.1, -0.05) is 23.8 Å². The Hall–Kier alpha value is -2.82. The second-order valence-electron chi connectivity index (χ2n) is 7.39. The maximum absolute atomic E-state index is 12.4. The first-order valence-corrected chi connectivity index (χ1v) is 10.0. The molecule has 1 N–H and O–H groups in total. The minimum atomic E-state index is -0.102. The van der Waals surface area contributed by atoms with E-state index in [9.17, 15) is 9.59 Å². The van der Waals surface area contributed by atoms with Crippen LogP contribution in [0.4, 0.5) is 0 Å². The van der Waals surface area contributed by atoms with Gasteiger partial charge in [-0.25, -0.2) is 0 Å². The highest BCUT2D eigenvalue weighted by Gasteiger charge is 2.14. The maximum Gasteiger partial charge on any atom is 0.239 e. The van der Waals surface area contributed by atoms with Crippen molar-refractivity contribution >= 4 is 11.8 Å². The molecule has 0 radical (unpaired) electrons. The average molecular weight is 380 g/mol. The highest BCUT2D eigenvalue weighted by atomic mass is 16.2. The van der Waals surface area contributed by atoms with Gasteiger partial charge in [0, 0.05) is 31.7 Å². The molecule has 0 unspecified atom stereocenters. The van der Waals surface area contributed by atoms with E-state index in [0.29, 0.717) is 13.0 Å².